The molecule has 0 spiro atoms. The maximum atomic E-state index is 14.1. The second-order valence-corrected chi connectivity index (χ2v) is 3.76. The van der Waals surface area contributed by atoms with Crippen molar-refractivity contribution in [3.05, 3.63) is 23.3 Å². The molecule has 0 aliphatic heterocycles. The average molecular weight is 292 g/mol. The lowest BCUT2D eigenvalue weighted by Crippen LogP contribution is -2.48. The van der Waals surface area contributed by atoms with E-state index in [1.165, 1.54) is 0 Å². The van der Waals surface area contributed by atoms with Crippen molar-refractivity contribution in [2.24, 2.45) is 0 Å². The molecule has 0 bridgehead atoms. The van der Waals surface area contributed by atoms with E-state index >= 15 is 0 Å². The Kier molecular flexibility index (Phi) is 3.36. The molecule has 1 rings (SSSR count). The molecule has 0 heterocycles. The number of alkyl halides is 2. The third-order valence-corrected chi connectivity index (χ3v) is 2.55. The van der Waals surface area contributed by atoms with Gasteiger partial charge in [-0.2, -0.15) is 0 Å². The van der Waals surface area contributed by atoms with Gasteiger partial charge < -0.3 is 20.4 Å². The second kappa shape index (κ2) is 4.40. The van der Waals surface area contributed by atoms with Crippen molar-refractivity contribution in [1.29, 1.82) is 0 Å². The van der Waals surface area contributed by atoms with Gasteiger partial charge in [-0.25, -0.2) is 28.0 Å². The lowest BCUT2D eigenvalue weighted by atomic mass is 9.79. The van der Waals surface area contributed by atoms with Crippen LogP contribution in [0.15, 0.2) is 23.3 Å². The summed E-state index contributed by atoms with van der Waals surface area (Å²) in [7, 11) is 0. The van der Waals surface area contributed by atoms with Crippen LogP contribution in [-0.2, 0) is 19.2 Å². The molecule has 2 atom stereocenters. The smallest absolute Gasteiger partial charge is 0.350 e. The third-order valence-electron chi connectivity index (χ3n) is 2.55. The van der Waals surface area contributed by atoms with Gasteiger partial charge in [-0.1, -0.05) is 0 Å². The maximum Gasteiger partial charge on any atom is 0.350 e. The van der Waals surface area contributed by atoms with Gasteiger partial charge in [0.25, 0.3) is 11.3 Å². The minimum atomic E-state index is -3.86. The number of hydrogen-bond donors (Lipinski definition) is 4. The van der Waals surface area contributed by atoms with Gasteiger partial charge in [-0.15, -0.1) is 0 Å². The van der Waals surface area contributed by atoms with Crippen molar-refractivity contribution in [3.8, 4) is 0 Å². The van der Waals surface area contributed by atoms with E-state index in [1.54, 1.807) is 0 Å². The summed E-state index contributed by atoms with van der Waals surface area (Å²) in [5, 5.41) is 34.6. The van der Waals surface area contributed by atoms with E-state index in [9.17, 15) is 28.0 Å². The molecule has 0 saturated heterocycles. The highest BCUT2D eigenvalue weighted by atomic mass is 19.1. The molecule has 108 valence electrons. The van der Waals surface area contributed by atoms with Crippen molar-refractivity contribution in [3.63, 3.8) is 0 Å². The van der Waals surface area contributed by atoms with Gasteiger partial charge in [0.15, 0.2) is 0 Å². The predicted octanol–water partition coefficient (Wildman–Crippen LogP) is -0.392. The molecule has 4 N–H and O–H groups in total. The van der Waals surface area contributed by atoms with Crippen LogP contribution < -0.4 is 0 Å². The number of carbonyl (C=O) groups is 4. The fourth-order valence-electron chi connectivity index (χ4n) is 1.55. The molecule has 1 aliphatic rings. The summed E-state index contributed by atoms with van der Waals surface area (Å²) in [6.07, 6.45) is -0.759. The topological polar surface area (TPSA) is 149 Å². The Bertz CT molecular complexity index is 540. The standard InChI is InChI=1S/C10H6F2O8/c11-9(7(17)18)1-3(5(13)14)10(12,8(19)20)2-4(9)6(15)16/h1-2H,(H,13,14)(H,15,16)(H,17,18)(H,19,20). The number of carboxylic acids is 4. The summed E-state index contributed by atoms with van der Waals surface area (Å²) < 4.78 is 28.2. The SMILES string of the molecule is O=C(O)C1=CC(F)(C(=O)O)C(C(=O)O)=CC1(F)C(=O)O. The average Bonchev–Trinajstić information content (AvgIpc) is 2.30. The zero-order chi connectivity index (χ0) is 15.9. The lowest BCUT2D eigenvalue weighted by molar-refractivity contribution is -0.152. The molecule has 0 aromatic heterocycles. The molecule has 1 aliphatic carbocycles. The van der Waals surface area contributed by atoms with Crippen LogP contribution in [0.1, 0.15) is 0 Å². The van der Waals surface area contributed by atoms with Gasteiger partial charge in [0, 0.05) is 0 Å². The van der Waals surface area contributed by atoms with Gasteiger partial charge in [-0.05, 0) is 12.2 Å². The highest BCUT2D eigenvalue weighted by Crippen LogP contribution is 2.39. The van der Waals surface area contributed by atoms with E-state index in [4.69, 9.17) is 20.4 Å². The largest absolute Gasteiger partial charge is 0.478 e. The Morgan fingerprint density at radius 3 is 1.15 bits per heavy atom. The van der Waals surface area contributed by atoms with E-state index in [-0.39, 0.29) is 12.2 Å². The maximum absolute atomic E-state index is 14.1. The molecule has 0 amide bonds. The Morgan fingerprint density at radius 2 is 1.00 bits per heavy atom. The van der Waals surface area contributed by atoms with Gasteiger partial charge in [-0.3, -0.25) is 0 Å². The molecule has 0 radical (unpaired) electrons. The van der Waals surface area contributed by atoms with Crippen LogP contribution in [0.5, 0.6) is 0 Å². The first-order valence-corrected chi connectivity index (χ1v) is 4.74. The monoisotopic (exact) mass is 292 g/mol. The molecule has 0 aromatic rings. The molecular formula is C10H6F2O8. The summed E-state index contributed by atoms with van der Waals surface area (Å²) in [6, 6.07) is 0. The number of hydrogen-bond acceptors (Lipinski definition) is 4. The molecule has 10 heteroatoms. The molecule has 0 aromatic carbocycles. The third kappa shape index (κ3) is 2.00. The molecule has 0 saturated carbocycles. The minimum Gasteiger partial charge on any atom is -0.478 e. The second-order valence-electron chi connectivity index (χ2n) is 3.76. The van der Waals surface area contributed by atoms with Crippen molar-refractivity contribution >= 4 is 23.9 Å². The molecule has 2 unspecified atom stereocenters. The lowest BCUT2D eigenvalue weighted by Gasteiger charge is -2.28. The van der Waals surface area contributed by atoms with Crippen molar-refractivity contribution in [1.82, 2.24) is 0 Å². The van der Waals surface area contributed by atoms with Gasteiger partial charge in [0.2, 0.25) is 0 Å². The first-order valence-electron chi connectivity index (χ1n) is 4.74. The van der Waals surface area contributed by atoms with E-state index in [2.05, 4.69) is 0 Å². The fourth-order valence-corrected chi connectivity index (χ4v) is 1.55. The first kappa shape index (κ1) is 15.3. The number of aliphatic carboxylic acids is 4. The highest BCUT2D eigenvalue weighted by Gasteiger charge is 2.57. The van der Waals surface area contributed by atoms with Gasteiger partial charge in [0.1, 0.15) is 0 Å². The zero-order valence-electron chi connectivity index (χ0n) is 9.33. The van der Waals surface area contributed by atoms with E-state index in [0.29, 0.717) is 0 Å². The fraction of sp³-hybridized carbons (Fsp3) is 0.200. The first-order chi connectivity index (χ1) is 8.96. The summed E-state index contributed by atoms with van der Waals surface area (Å²) in [4.78, 5) is 43.0. The quantitative estimate of drug-likeness (QED) is 0.547. The van der Waals surface area contributed by atoms with Gasteiger partial charge in [0.05, 0.1) is 11.1 Å². The van der Waals surface area contributed by atoms with E-state index in [0.717, 1.165) is 0 Å². The number of rotatable bonds is 4. The normalized spacial score (nSPS) is 29.1. The van der Waals surface area contributed by atoms with Crippen LogP contribution >= 0.6 is 0 Å². The summed E-state index contributed by atoms with van der Waals surface area (Å²) in [5.74, 6) is -9.31. The Morgan fingerprint density at radius 1 is 0.750 bits per heavy atom. The van der Waals surface area contributed by atoms with Crippen LogP contribution in [-0.4, -0.2) is 55.6 Å². The summed E-state index contributed by atoms with van der Waals surface area (Å²) in [6.45, 7) is 0. The van der Waals surface area contributed by atoms with E-state index < -0.39 is 46.4 Å². The van der Waals surface area contributed by atoms with Crippen molar-refractivity contribution in [2.75, 3.05) is 0 Å². The number of carboxylic acid groups (broad SMARTS) is 4. The zero-order valence-corrected chi connectivity index (χ0v) is 9.33. The Hall–Kier alpha value is -2.78. The Balaban J connectivity index is 3.71. The molecule has 0 fully saturated rings. The summed E-state index contributed by atoms with van der Waals surface area (Å²) in [5.41, 5.74) is -11.2. The predicted molar refractivity (Wildman–Crippen MR) is 54.4 cm³/mol. The van der Waals surface area contributed by atoms with Crippen LogP contribution in [0.25, 0.3) is 0 Å². The van der Waals surface area contributed by atoms with Crippen LogP contribution in [0.2, 0.25) is 0 Å². The van der Waals surface area contributed by atoms with Crippen LogP contribution in [0.3, 0.4) is 0 Å². The molecule has 8 nitrogen and oxygen atoms in total. The van der Waals surface area contributed by atoms with Crippen LogP contribution in [0, 0.1) is 0 Å². The van der Waals surface area contributed by atoms with E-state index in [1.807, 2.05) is 0 Å². The van der Waals surface area contributed by atoms with Crippen molar-refractivity contribution in [2.45, 2.75) is 11.3 Å². The highest BCUT2D eigenvalue weighted by molar-refractivity contribution is 6.08. The molecule has 20 heavy (non-hydrogen) atoms. The van der Waals surface area contributed by atoms with Crippen molar-refractivity contribution < 1.29 is 48.4 Å². The Labute approximate surface area is 108 Å². The minimum absolute atomic E-state index is 0.380. The van der Waals surface area contributed by atoms with Gasteiger partial charge >= 0.3 is 23.9 Å². The molecular weight excluding hydrogens is 286 g/mol. The van der Waals surface area contributed by atoms with Crippen LogP contribution in [0.4, 0.5) is 8.78 Å². The summed E-state index contributed by atoms with van der Waals surface area (Å²) >= 11 is 0. The number of halogens is 2.